The normalized spacial score (nSPS) is 12.1. The quantitative estimate of drug-likeness (QED) is 0.143. The minimum Gasteiger partial charge on any atom is -0.378 e. The van der Waals surface area contributed by atoms with Gasteiger partial charge in [-0.3, -0.25) is 19.5 Å². The molecule has 9 nitrogen and oxygen atoms in total. The summed E-state index contributed by atoms with van der Waals surface area (Å²) in [6.45, 7) is 3.46. The molecule has 4 rings (SSSR count). The molecule has 202 valence electrons. The SMILES string of the molecule is Cc1ccc([N+](=O)[O-])cc1NC(=O)[C@H](C)Sc1nnc(CNc2cccc(C(F)(F)F)c2)n1-c1ccccc1. The molecule has 0 saturated carbocycles. The Hall–Kier alpha value is -4.39. The van der Waals surface area contributed by atoms with Crippen molar-refractivity contribution in [1.29, 1.82) is 0 Å². The molecule has 4 aromatic rings. The van der Waals surface area contributed by atoms with Gasteiger partial charge in [0.25, 0.3) is 5.69 Å². The Kier molecular flexibility index (Phi) is 8.19. The predicted molar refractivity (Wildman–Crippen MR) is 142 cm³/mol. The Morgan fingerprint density at radius 2 is 1.82 bits per heavy atom. The third-order valence-corrected chi connectivity index (χ3v) is 6.74. The second-order valence-corrected chi connectivity index (χ2v) is 9.82. The molecule has 0 bridgehead atoms. The molecule has 1 aromatic heterocycles. The van der Waals surface area contributed by atoms with Crippen LogP contribution in [0.4, 0.5) is 30.2 Å². The number of anilines is 2. The Morgan fingerprint density at radius 1 is 1.08 bits per heavy atom. The van der Waals surface area contributed by atoms with Gasteiger partial charge in [0.15, 0.2) is 11.0 Å². The molecule has 0 unspecified atom stereocenters. The van der Waals surface area contributed by atoms with Gasteiger partial charge in [0.05, 0.1) is 28.0 Å². The third-order valence-electron chi connectivity index (χ3n) is 5.70. The molecule has 1 amide bonds. The third kappa shape index (κ3) is 6.74. The molecule has 2 N–H and O–H groups in total. The number of carbonyl (C=O) groups excluding carboxylic acids is 1. The number of alkyl halides is 3. The molecule has 13 heteroatoms. The standard InChI is InChI=1S/C26H23F3N6O3S/c1-16-11-12-21(35(37)38)14-22(16)31-24(36)17(2)39-25-33-32-23(34(25)20-9-4-3-5-10-20)15-30-19-8-6-7-18(13-19)26(27,28)29/h3-14,17,30H,15H2,1-2H3,(H,31,36)/t17-/m0/s1. The van der Waals surface area contributed by atoms with E-state index in [2.05, 4.69) is 20.8 Å². The highest BCUT2D eigenvalue weighted by Gasteiger charge is 2.30. The molecule has 0 aliphatic carbocycles. The Balaban J connectivity index is 1.55. The zero-order valence-electron chi connectivity index (χ0n) is 20.8. The average Bonchev–Trinajstić information content (AvgIpc) is 3.30. The fraction of sp³-hybridized carbons (Fsp3) is 0.192. The van der Waals surface area contributed by atoms with E-state index in [1.54, 1.807) is 24.5 Å². The molecule has 1 atom stereocenters. The number of carbonyl (C=O) groups is 1. The highest BCUT2D eigenvalue weighted by Crippen LogP contribution is 2.31. The summed E-state index contributed by atoms with van der Waals surface area (Å²) in [5.74, 6) is 0.0260. The second-order valence-electron chi connectivity index (χ2n) is 8.51. The van der Waals surface area contributed by atoms with Crippen LogP contribution < -0.4 is 10.6 Å². The van der Waals surface area contributed by atoms with Crippen LogP contribution in [0.2, 0.25) is 0 Å². The molecule has 39 heavy (non-hydrogen) atoms. The molecule has 0 fully saturated rings. The first-order valence-electron chi connectivity index (χ1n) is 11.7. The van der Waals surface area contributed by atoms with Gasteiger partial charge in [-0.05, 0) is 49.7 Å². The Labute approximate surface area is 225 Å². The van der Waals surface area contributed by atoms with E-state index in [1.165, 1.54) is 24.3 Å². The number of hydrogen-bond acceptors (Lipinski definition) is 7. The van der Waals surface area contributed by atoms with E-state index in [0.29, 0.717) is 27.9 Å². The highest BCUT2D eigenvalue weighted by atomic mass is 32.2. The number of para-hydroxylation sites is 1. The topological polar surface area (TPSA) is 115 Å². The van der Waals surface area contributed by atoms with Crippen LogP contribution in [0.5, 0.6) is 0 Å². The van der Waals surface area contributed by atoms with Crippen LogP contribution in [0.1, 0.15) is 23.9 Å². The molecule has 3 aromatic carbocycles. The van der Waals surface area contributed by atoms with Crippen molar-refractivity contribution in [2.75, 3.05) is 10.6 Å². The number of nitro groups is 1. The van der Waals surface area contributed by atoms with Gasteiger partial charge in [0.1, 0.15) is 0 Å². The van der Waals surface area contributed by atoms with Crippen molar-refractivity contribution in [3.8, 4) is 5.69 Å². The van der Waals surface area contributed by atoms with Crippen molar-refractivity contribution in [1.82, 2.24) is 14.8 Å². The zero-order valence-corrected chi connectivity index (χ0v) is 21.6. The highest BCUT2D eigenvalue weighted by molar-refractivity contribution is 8.00. The molecule has 0 aliphatic rings. The maximum Gasteiger partial charge on any atom is 0.416 e. The summed E-state index contributed by atoms with van der Waals surface area (Å²) in [6, 6.07) is 18.2. The van der Waals surface area contributed by atoms with E-state index >= 15 is 0 Å². The van der Waals surface area contributed by atoms with E-state index in [1.807, 2.05) is 30.3 Å². The van der Waals surface area contributed by atoms with Crippen molar-refractivity contribution in [3.05, 3.63) is 99.9 Å². The van der Waals surface area contributed by atoms with Gasteiger partial charge in [0.2, 0.25) is 5.91 Å². The van der Waals surface area contributed by atoms with Crippen LogP contribution in [-0.2, 0) is 17.5 Å². The van der Waals surface area contributed by atoms with Crippen molar-refractivity contribution >= 4 is 34.7 Å². The summed E-state index contributed by atoms with van der Waals surface area (Å²) in [5, 5.41) is 25.0. The summed E-state index contributed by atoms with van der Waals surface area (Å²) in [4.78, 5) is 23.5. The Bertz CT molecular complexity index is 1490. The van der Waals surface area contributed by atoms with Crippen LogP contribution in [0.25, 0.3) is 5.69 Å². The lowest BCUT2D eigenvalue weighted by Gasteiger charge is -2.15. The van der Waals surface area contributed by atoms with E-state index in [0.717, 1.165) is 23.9 Å². The first-order valence-corrected chi connectivity index (χ1v) is 12.5. The fourth-order valence-corrected chi connectivity index (χ4v) is 4.50. The summed E-state index contributed by atoms with van der Waals surface area (Å²) in [6.07, 6.45) is -4.47. The first-order chi connectivity index (χ1) is 18.5. The predicted octanol–water partition coefficient (Wildman–Crippen LogP) is 6.23. The van der Waals surface area contributed by atoms with Crippen molar-refractivity contribution in [2.24, 2.45) is 0 Å². The molecular formula is C26H23F3N6O3S. The largest absolute Gasteiger partial charge is 0.416 e. The number of benzene rings is 3. The van der Waals surface area contributed by atoms with Crippen molar-refractivity contribution < 1.29 is 22.9 Å². The lowest BCUT2D eigenvalue weighted by molar-refractivity contribution is -0.384. The number of hydrogen-bond donors (Lipinski definition) is 2. The number of nitrogens with zero attached hydrogens (tertiary/aromatic N) is 4. The number of halogens is 3. The molecule has 0 radical (unpaired) electrons. The summed E-state index contributed by atoms with van der Waals surface area (Å²) >= 11 is 1.12. The number of nitrogens with one attached hydrogen (secondary N) is 2. The van der Waals surface area contributed by atoms with Crippen LogP contribution in [0.15, 0.2) is 78.0 Å². The minimum atomic E-state index is -4.47. The minimum absolute atomic E-state index is 0.0667. The van der Waals surface area contributed by atoms with Crippen molar-refractivity contribution in [2.45, 2.75) is 37.0 Å². The number of thioether (sulfide) groups is 1. The van der Waals surface area contributed by atoms with Gasteiger partial charge in [-0.1, -0.05) is 42.1 Å². The second kappa shape index (κ2) is 11.6. The Morgan fingerprint density at radius 3 is 2.51 bits per heavy atom. The fourth-order valence-electron chi connectivity index (χ4n) is 3.62. The van der Waals surface area contributed by atoms with Gasteiger partial charge in [0, 0.05) is 23.5 Å². The van der Waals surface area contributed by atoms with Crippen LogP contribution >= 0.6 is 11.8 Å². The van der Waals surface area contributed by atoms with Gasteiger partial charge < -0.3 is 10.6 Å². The maximum absolute atomic E-state index is 13.1. The molecule has 1 heterocycles. The lowest BCUT2D eigenvalue weighted by Crippen LogP contribution is -2.23. The maximum atomic E-state index is 13.1. The molecule has 0 aliphatic heterocycles. The molecular weight excluding hydrogens is 533 g/mol. The number of aryl methyl sites for hydroxylation is 1. The molecule has 0 spiro atoms. The van der Waals surface area contributed by atoms with Crippen LogP contribution in [0, 0.1) is 17.0 Å². The number of aromatic nitrogens is 3. The van der Waals surface area contributed by atoms with E-state index in [4.69, 9.17) is 0 Å². The van der Waals surface area contributed by atoms with Gasteiger partial charge in [-0.25, -0.2) is 0 Å². The number of rotatable bonds is 9. The van der Waals surface area contributed by atoms with Gasteiger partial charge in [-0.2, -0.15) is 13.2 Å². The van der Waals surface area contributed by atoms with Crippen LogP contribution in [0.3, 0.4) is 0 Å². The number of nitro benzene ring substituents is 1. The smallest absolute Gasteiger partial charge is 0.378 e. The van der Waals surface area contributed by atoms with Gasteiger partial charge in [-0.15, -0.1) is 10.2 Å². The number of non-ortho nitro benzene ring substituents is 1. The van der Waals surface area contributed by atoms with E-state index in [-0.39, 0.29) is 17.9 Å². The van der Waals surface area contributed by atoms with E-state index < -0.39 is 27.8 Å². The number of amides is 1. The zero-order chi connectivity index (χ0) is 28.2. The summed E-state index contributed by atoms with van der Waals surface area (Å²) in [5.41, 5.74) is 1.05. The first kappa shape index (κ1) is 27.6. The summed E-state index contributed by atoms with van der Waals surface area (Å²) in [7, 11) is 0. The van der Waals surface area contributed by atoms with Gasteiger partial charge >= 0.3 is 6.18 Å². The monoisotopic (exact) mass is 556 g/mol. The average molecular weight is 557 g/mol. The lowest BCUT2D eigenvalue weighted by atomic mass is 10.2. The molecule has 0 saturated heterocycles. The summed E-state index contributed by atoms with van der Waals surface area (Å²) < 4.78 is 41.0. The van der Waals surface area contributed by atoms with Crippen LogP contribution in [-0.4, -0.2) is 30.8 Å². The van der Waals surface area contributed by atoms with Crippen molar-refractivity contribution in [3.63, 3.8) is 0 Å². The van der Waals surface area contributed by atoms with E-state index in [9.17, 15) is 28.1 Å².